The van der Waals surface area contributed by atoms with Crippen molar-refractivity contribution in [3.05, 3.63) is 54.1 Å². The van der Waals surface area contributed by atoms with Crippen molar-refractivity contribution in [3.8, 4) is 22.1 Å². The molecule has 0 bridgehead atoms. The predicted molar refractivity (Wildman–Crippen MR) is 131 cm³/mol. The topological polar surface area (TPSA) is 93.7 Å². The van der Waals surface area contributed by atoms with Crippen LogP contribution in [0.25, 0.3) is 10.6 Å². The lowest BCUT2D eigenvalue weighted by Crippen LogP contribution is -2.43. The Hall–Kier alpha value is -3.46. The van der Waals surface area contributed by atoms with Gasteiger partial charge in [-0.2, -0.15) is 0 Å². The first kappa shape index (κ1) is 23.7. The van der Waals surface area contributed by atoms with Crippen LogP contribution in [-0.2, 0) is 4.79 Å². The third-order valence-electron chi connectivity index (χ3n) is 5.68. The number of ether oxygens (including phenoxy) is 2. The number of benzene rings is 2. The summed E-state index contributed by atoms with van der Waals surface area (Å²) in [4.78, 5) is 27.7. The van der Waals surface area contributed by atoms with Crippen molar-refractivity contribution in [1.29, 1.82) is 0 Å². The molecule has 1 N–H and O–H groups in total. The molecule has 9 heteroatoms. The van der Waals surface area contributed by atoms with E-state index in [9.17, 15) is 9.59 Å². The summed E-state index contributed by atoms with van der Waals surface area (Å²) >= 11 is 1.29. The van der Waals surface area contributed by atoms with Crippen LogP contribution in [0, 0.1) is 0 Å². The Bertz CT molecular complexity index is 1110. The summed E-state index contributed by atoms with van der Waals surface area (Å²) in [6.07, 6.45) is 3.44. The van der Waals surface area contributed by atoms with E-state index in [0.29, 0.717) is 35.3 Å². The fraction of sp³-hybridized carbons (Fsp3) is 0.360. The van der Waals surface area contributed by atoms with Gasteiger partial charge in [-0.25, -0.2) is 0 Å². The number of unbranched alkanes of at least 4 members (excludes halogenated alkanes) is 1. The minimum Gasteiger partial charge on any atom is -0.497 e. The molecule has 2 amide bonds. The molecular weight excluding hydrogens is 452 g/mol. The van der Waals surface area contributed by atoms with Crippen LogP contribution in [-0.4, -0.2) is 53.2 Å². The van der Waals surface area contributed by atoms with Gasteiger partial charge in [-0.15, -0.1) is 10.2 Å². The van der Waals surface area contributed by atoms with Gasteiger partial charge in [-0.1, -0.05) is 24.7 Å². The van der Waals surface area contributed by atoms with Crippen LogP contribution in [0.5, 0.6) is 11.5 Å². The van der Waals surface area contributed by atoms with Crippen molar-refractivity contribution in [1.82, 2.24) is 15.1 Å². The Morgan fingerprint density at radius 1 is 1.09 bits per heavy atom. The number of amides is 2. The molecule has 1 aliphatic rings. The smallest absolute Gasteiger partial charge is 0.254 e. The van der Waals surface area contributed by atoms with Gasteiger partial charge >= 0.3 is 0 Å². The number of methoxy groups -OCH3 is 1. The number of carbonyl (C=O) groups is 2. The monoisotopic (exact) mass is 480 g/mol. The van der Waals surface area contributed by atoms with Gasteiger partial charge in [0.05, 0.1) is 13.7 Å². The molecule has 4 rings (SSSR count). The summed E-state index contributed by atoms with van der Waals surface area (Å²) in [5.41, 5.74) is 1.43. The summed E-state index contributed by atoms with van der Waals surface area (Å²) in [7, 11) is 1.61. The quantitative estimate of drug-likeness (QED) is 0.449. The summed E-state index contributed by atoms with van der Waals surface area (Å²) in [6, 6.07) is 14.0. The van der Waals surface area contributed by atoms with E-state index in [2.05, 4.69) is 22.4 Å². The summed E-state index contributed by atoms with van der Waals surface area (Å²) in [6.45, 7) is 3.31. The normalized spacial score (nSPS) is 15.2. The van der Waals surface area contributed by atoms with Crippen molar-refractivity contribution in [2.75, 3.05) is 25.6 Å². The van der Waals surface area contributed by atoms with Crippen LogP contribution in [0.3, 0.4) is 0 Å². The van der Waals surface area contributed by atoms with Gasteiger partial charge in [-0.05, 0) is 67.8 Å². The molecule has 0 aliphatic carbocycles. The van der Waals surface area contributed by atoms with Gasteiger partial charge < -0.3 is 14.4 Å². The SMILES string of the molecule is CCCCOc1ccc(C(=O)N2CCCC2C(=O)Nc2nnc(-c3ccc(OC)cc3)s2)cc1. The molecule has 0 saturated carbocycles. The molecular formula is C25H28N4O4S. The second-order valence-corrected chi connectivity index (χ2v) is 8.99. The highest BCUT2D eigenvalue weighted by molar-refractivity contribution is 7.18. The third-order valence-corrected chi connectivity index (χ3v) is 6.56. The van der Waals surface area contributed by atoms with E-state index < -0.39 is 6.04 Å². The molecule has 178 valence electrons. The first-order valence-electron chi connectivity index (χ1n) is 11.4. The van der Waals surface area contributed by atoms with Crippen LogP contribution in [0.2, 0.25) is 0 Å². The number of hydrogen-bond donors (Lipinski definition) is 1. The summed E-state index contributed by atoms with van der Waals surface area (Å²) in [5.74, 6) is 1.09. The lowest BCUT2D eigenvalue weighted by Gasteiger charge is -2.23. The highest BCUT2D eigenvalue weighted by Gasteiger charge is 2.35. The predicted octanol–water partition coefficient (Wildman–Crippen LogP) is 4.64. The zero-order valence-corrected chi connectivity index (χ0v) is 20.1. The van der Waals surface area contributed by atoms with Crippen molar-refractivity contribution in [2.45, 2.75) is 38.6 Å². The minimum absolute atomic E-state index is 0.158. The van der Waals surface area contributed by atoms with Gasteiger partial charge in [0.15, 0.2) is 0 Å². The fourth-order valence-electron chi connectivity index (χ4n) is 3.79. The zero-order chi connectivity index (χ0) is 23.9. The Morgan fingerprint density at radius 3 is 2.53 bits per heavy atom. The number of nitrogens with zero attached hydrogens (tertiary/aromatic N) is 3. The second-order valence-electron chi connectivity index (χ2n) is 8.01. The maximum Gasteiger partial charge on any atom is 0.254 e. The number of likely N-dealkylation sites (tertiary alicyclic amines) is 1. The molecule has 1 fully saturated rings. The molecule has 34 heavy (non-hydrogen) atoms. The number of aromatic nitrogens is 2. The van der Waals surface area contributed by atoms with Crippen molar-refractivity contribution >= 4 is 28.3 Å². The molecule has 1 unspecified atom stereocenters. The van der Waals surface area contributed by atoms with Gasteiger partial charge in [0.2, 0.25) is 11.0 Å². The second kappa shape index (κ2) is 11.1. The first-order valence-corrected chi connectivity index (χ1v) is 12.2. The van der Waals surface area contributed by atoms with E-state index in [0.717, 1.165) is 36.3 Å². The maximum absolute atomic E-state index is 13.1. The molecule has 1 saturated heterocycles. The molecule has 0 radical (unpaired) electrons. The van der Waals surface area contributed by atoms with Crippen molar-refractivity contribution < 1.29 is 19.1 Å². The number of rotatable bonds is 9. The molecule has 1 atom stereocenters. The Morgan fingerprint density at radius 2 is 1.82 bits per heavy atom. The highest BCUT2D eigenvalue weighted by atomic mass is 32.1. The largest absolute Gasteiger partial charge is 0.497 e. The number of hydrogen-bond acceptors (Lipinski definition) is 7. The van der Waals surface area contributed by atoms with E-state index in [1.807, 2.05) is 24.3 Å². The molecule has 3 aromatic rings. The summed E-state index contributed by atoms with van der Waals surface area (Å²) in [5, 5.41) is 12.2. The van der Waals surface area contributed by atoms with E-state index in [4.69, 9.17) is 9.47 Å². The van der Waals surface area contributed by atoms with Crippen molar-refractivity contribution in [3.63, 3.8) is 0 Å². The molecule has 2 aromatic carbocycles. The molecule has 8 nitrogen and oxygen atoms in total. The minimum atomic E-state index is -0.540. The van der Waals surface area contributed by atoms with Gasteiger partial charge in [0.25, 0.3) is 5.91 Å². The lowest BCUT2D eigenvalue weighted by atomic mass is 10.1. The molecule has 0 spiro atoms. The highest BCUT2D eigenvalue weighted by Crippen LogP contribution is 2.29. The van der Waals surface area contributed by atoms with E-state index >= 15 is 0 Å². The number of anilines is 1. The van der Waals surface area contributed by atoms with E-state index in [-0.39, 0.29) is 11.8 Å². The third kappa shape index (κ3) is 5.53. The van der Waals surface area contributed by atoms with Gasteiger partial charge in [-0.3, -0.25) is 14.9 Å². The maximum atomic E-state index is 13.1. The zero-order valence-electron chi connectivity index (χ0n) is 19.3. The Kier molecular flexibility index (Phi) is 7.74. The van der Waals surface area contributed by atoms with Gasteiger partial charge in [0, 0.05) is 17.7 Å². The van der Waals surface area contributed by atoms with Crippen LogP contribution >= 0.6 is 11.3 Å². The number of carbonyl (C=O) groups excluding carboxylic acids is 2. The average Bonchev–Trinajstić information content (AvgIpc) is 3.54. The van der Waals surface area contributed by atoms with Crippen LogP contribution < -0.4 is 14.8 Å². The van der Waals surface area contributed by atoms with Crippen LogP contribution in [0.4, 0.5) is 5.13 Å². The Balaban J connectivity index is 1.38. The molecule has 1 aromatic heterocycles. The first-order chi connectivity index (χ1) is 16.6. The molecule has 1 aliphatic heterocycles. The van der Waals surface area contributed by atoms with Gasteiger partial charge in [0.1, 0.15) is 22.5 Å². The van der Waals surface area contributed by atoms with Crippen LogP contribution in [0.1, 0.15) is 43.0 Å². The fourth-order valence-corrected chi connectivity index (χ4v) is 4.54. The standard InChI is InChI=1S/C25H28N4O4S/c1-3-4-16-33-20-13-9-18(10-14-20)24(31)29-15-5-6-21(29)22(30)26-25-28-27-23(34-25)17-7-11-19(32-2)12-8-17/h7-14,21H,3-6,15-16H2,1-2H3,(H,26,28,30). The summed E-state index contributed by atoms with van der Waals surface area (Å²) < 4.78 is 10.8. The lowest BCUT2D eigenvalue weighted by molar-refractivity contribution is -0.119. The van der Waals surface area contributed by atoms with Crippen molar-refractivity contribution in [2.24, 2.45) is 0 Å². The Labute approximate surface area is 202 Å². The average molecular weight is 481 g/mol. The molecule has 2 heterocycles. The van der Waals surface area contributed by atoms with Crippen LogP contribution in [0.15, 0.2) is 48.5 Å². The van der Waals surface area contributed by atoms with E-state index in [1.165, 1.54) is 11.3 Å². The van der Waals surface area contributed by atoms with E-state index in [1.54, 1.807) is 36.3 Å². The number of nitrogens with one attached hydrogen (secondary N) is 1.